The Morgan fingerprint density at radius 1 is 1.30 bits per heavy atom. The van der Waals surface area contributed by atoms with Crippen molar-refractivity contribution in [3.05, 3.63) is 0 Å². The SMILES string of the molecule is OC(Cl)CC1CCCCC1. The van der Waals surface area contributed by atoms with Gasteiger partial charge in [0.15, 0.2) is 0 Å². The van der Waals surface area contributed by atoms with Crippen molar-refractivity contribution >= 4 is 11.6 Å². The van der Waals surface area contributed by atoms with Gasteiger partial charge in [-0.05, 0) is 12.3 Å². The molecule has 2 heteroatoms. The highest BCUT2D eigenvalue weighted by molar-refractivity contribution is 6.19. The van der Waals surface area contributed by atoms with E-state index in [1.54, 1.807) is 0 Å². The molecule has 1 rings (SSSR count). The van der Waals surface area contributed by atoms with Gasteiger partial charge in [0.2, 0.25) is 0 Å². The van der Waals surface area contributed by atoms with Gasteiger partial charge in [-0.1, -0.05) is 43.7 Å². The Bertz CT molecular complexity index is 87.3. The topological polar surface area (TPSA) is 20.2 Å². The highest BCUT2D eigenvalue weighted by atomic mass is 35.5. The van der Waals surface area contributed by atoms with E-state index < -0.39 is 5.56 Å². The van der Waals surface area contributed by atoms with Crippen LogP contribution in [-0.4, -0.2) is 10.7 Å². The molecule has 0 saturated heterocycles. The normalized spacial score (nSPS) is 24.6. The maximum absolute atomic E-state index is 8.87. The van der Waals surface area contributed by atoms with Crippen molar-refractivity contribution in [2.45, 2.75) is 44.1 Å². The van der Waals surface area contributed by atoms with E-state index in [0.29, 0.717) is 5.92 Å². The number of rotatable bonds is 2. The van der Waals surface area contributed by atoms with Gasteiger partial charge in [-0.2, -0.15) is 0 Å². The van der Waals surface area contributed by atoms with E-state index in [2.05, 4.69) is 0 Å². The Labute approximate surface area is 67.4 Å². The van der Waals surface area contributed by atoms with Gasteiger partial charge in [0.05, 0.1) is 0 Å². The minimum Gasteiger partial charge on any atom is -0.378 e. The molecule has 1 saturated carbocycles. The molecule has 1 nitrogen and oxygen atoms in total. The van der Waals surface area contributed by atoms with E-state index in [1.807, 2.05) is 0 Å². The van der Waals surface area contributed by atoms with Crippen LogP contribution in [0.3, 0.4) is 0 Å². The number of hydrogen-bond donors (Lipinski definition) is 1. The van der Waals surface area contributed by atoms with Crippen LogP contribution in [0.2, 0.25) is 0 Å². The molecule has 0 spiro atoms. The predicted octanol–water partition coefficient (Wildman–Crippen LogP) is 2.51. The molecule has 10 heavy (non-hydrogen) atoms. The summed E-state index contributed by atoms with van der Waals surface area (Å²) in [6.45, 7) is 0. The molecular weight excluding hydrogens is 148 g/mol. The van der Waals surface area contributed by atoms with Crippen molar-refractivity contribution in [1.29, 1.82) is 0 Å². The van der Waals surface area contributed by atoms with Gasteiger partial charge in [-0.3, -0.25) is 0 Å². The molecule has 60 valence electrons. The first-order valence-corrected chi connectivity index (χ1v) is 4.55. The molecule has 0 aromatic rings. The fourth-order valence-electron chi connectivity index (χ4n) is 1.70. The monoisotopic (exact) mass is 162 g/mol. The van der Waals surface area contributed by atoms with Crippen molar-refractivity contribution in [2.24, 2.45) is 5.92 Å². The number of halogens is 1. The Hall–Kier alpha value is 0.250. The van der Waals surface area contributed by atoms with Crippen LogP contribution in [0, 0.1) is 5.92 Å². The van der Waals surface area contributed by atoms with Gasteiger partial charge >= 0.3 is 0 Å². The first-order valence-electron chi connectivity index (χ1n) is 4.11. The predicted molar refractivity (Wildman–Crippen MR) is 43.1 cm³/mol. The minimum absolute atomic E-state index is 0.608. The average molecular weight is 163 g/mol. The van der Waals surface area contributed by atoms with E-state index in [4.69, 9.17) is 16.7 Å². The standard InChI is InChI=1S/C8H15ClO/c9-8(10)6-7-4-2-1-3-5-7/h7-8,10H,1-6H2. The first kappa shape index (κ1) is 8.35. The molecule has 0 aromatic carbocycles. The van der Waals surface area contributed by atoms with Crippen LogP contribution in [0.25, 0.3) is 0 Å². The third kappa shape index (κ3) is 2.89. The van der Waals surface area contributed by atoms with Gasteiger partial charge in [-0.25, -0.2) is 0 Å². The summed E-state index contributed by atoms with van der Waals surface area (Å²) in [7, 11) is 0. The second-order valence-electron chi connectivity index (χ2n) is 3.17. The lowest BCUT2D eigenvalue weighted by atomic mass is 9.87. The average Bonchev–Trinajstić information content (AvgIpc) is 1.88. The van der Waals surface area contributed by atoms with Crippen LogP contribution < -0.4 is 0 Å². The van der Waals surface area contributed by atoms with Crippen LogP contribution in [0.15, 0.2) is 0 Å². The van der Waals surface area contributed by atoms with E-state index >= 15 is 0 Å². The molecule has 1 fully saturated rings. The molecule has 0 heterocycles. The van der Waals surface area contributed by atoms with Crippen molar-refractivity contribution in [3.8, 4) is 0 Å². The molecular formula is C8H15ClO. The van der Waals surface area contributed by atoms with Gasteiger partial charge in [0.1, 0.15) is 5.56 Å². The maximum Gasteiger partial charge on any atom is 0.128 e. The van der Waals surface area contributed by atoms with Gasteiger partial charge in [0.25, 0.3) is 0 Å². The quantitative estimate of drug-likeness (QED) is 0.619. The Morgan fingerprint density at radius 2 is 1.90 bits per heavy atom. The lowest BCUT2D eigenvalue weighted by molar-refractivity contribution is 0.197. The fraction of sp³-hybridized carbons (Fsp3) is 1.00. The van der Waals surface area contributed by atoms with Crippen molar-refractivity contribution < 1.29 is 5.11 Å². The smallest absolute Gasteiger partial charge is 0.128 e. The number of alkyl halides is 1. The van der Waals surface area contributed by atoms with Crippen LogP contribution in [0.5, 0.6) is 0 Å². The Balaban J connectivity index is 2.13. The summed E-state index contributed by atoms with van der Waals surface area (Å²) in [5.41, 5.74) is -0.608. The number of hydrogen-bond acceptors (Lipinski definition) is 1. The Morgan fingerprint density at radius 3 is 2.40 bits per heavy atom. The molecule has 0 aromatic heterocycles. The lowest BCUT2D eigenvalue weighted by Crippen LogP contribution is -2.11. The minimum atomic E-state index is -0.608. The summed E-state index contributed by atoms with van der Waals surface area (Å²) in [4.78, 5) is 0. The van der Waals surface area contributed by atoms with E-state index in [0.717, 1.165) is 6.42 Å². The van der Waals surface area contributed by atoms with Crippen molar-refractivity contribution in [3.63, 3.8) is 0 Å². The van der Waals surface area contributed by atoms with Gasteiger partial charge in [0, 0.05) is 0 Å². The molecule has 0 amide bonds. The lowest BCUT2D eigenvalue weighted by Gasteiger charge is -2.21. The van der Waals surface area contributed by atoms with Gasteiger partial charge in [-0.15, -0.1) is 0 Å². The van der Waals surface area contributed by atoms with E-state index in [-0.39, 0.29) is 0 Å². The summed E-state index contributed by atoms with van der Waals surface area (Å²) >= 11 is 5.47. The highest BCUT2D eigenvalue weighted by Gasteiger charge is 2.15. The van der Waals surface area contributed by atoms with Crippen LogP contribution in [0.1, 0.15) is 38.5 Å². The van der Waals surface area contributed by atoms with Crippen LogP contribution in [0.4, 0.5) is 0 Å². The van der Waals surface area contributed by atoms with Gasteiger partial charge < -0.3 is 5.11 Å². The van der Waals surface area contributed by atoms with Crippen LogP contribution >= 0.6 is 11.6 Å². The molecule has 0 aliphatic heterocycles. The molecule has 1 atom stereocenters. The number of aliphatic hydroxyl groups is 1. The second kappa shape index (κ2) is 4.20. The molecule has 0 bridgehead atoms. The molecule has 1 unspecified atom stereocenters. The highest BCUT2D eigenvalue weighted by Crippen LogP contribution is 2.27. The summed E-state index contributed by atoms with van der Waals surface area (Å²) in [6.07, 6.45) is 7.35. The first-order chi connectivity index (χ1) is 4.79. The maximum atomic E-state index is 8.87. The molecule has 0 radical (unpaired) electrons. The fourth-order valence-corrected chi connectivity index (χ4v) is 1.95. The zero-order valence-electron chi connectivity index (χ0n) is 6.22. The number of aliphatic hydroxyl groups excluding tert-OH is 1. The van der Waals surface area contributed by atoms with E-state index in [9.17, 15) is 0 Å². The summed E-state index contributed by atoms with van der Waals surface area (Å²) in [6, 6.07) is 0. The third-order valence-corrected chi connectivity index (χ3v) is 2.43. The molecule has 1 N–H and O–H groups in total. The zero-order chi connectivity index (χ0) is 7.40. The summed E-state index contributed by atoms with van der Waals surface area (Å²) in [5.74, 6) is 0.696. The largest absolute Gasteiger partial charge is 0.378 e. The zero-order valence-corrected chi connectivity index (χ0v) is 6.98. The summed E-state index contributed by atoms with van der Waals surface area (Å²) in [5, 5.41) is 8.87. The summed E-state index contributed by atoms with van der Waals surface area (Å²) < 4.78 is 0. The van der Waals surface area contributed by atoms with Crippen LogP contribution in [-0.2, 0) is 0 Å². The van der Waals surface area contributed by atoms with Crippen molar-refractivity contribution in [2.75, 3.05) is 0 Å². The molecule has 1 aliphatic rings. The van der Waals surface area contributed by atoms with Crippen molar-refractivity contribution in [1.82, 2.24) is 0 Å². The Kier molecular flexibility index (Phi) is 3.50. The van der Waals surface area contributed by atoms with E-state index in [1.165, 1.54) is 32.1 Å². The third-order valence-electron chi connectivity index (χ3n) is 2.25. The molecule has 1 aliphatic carbocycles. The second-order valence-corrected chi connectivity index (χ2v) is 3.68.